The summed E-state index contributed by atoms with van der Waals surface area (Å²) in [5, 5.41) is 0. The molecular weight excluding hydrogens is 250 g/mol. The zero-order valence-electron chi connectivity index (χ0n) is 12.1. The number of esters is 1. The van der Waals surface area contributed by atoms with Crippen LogP contribution in [0.1, 0.15) is 51.0 Å². The molecule has 0 aliphatic heterocycles. The average Bonchev–Trinajstić information content (AvgIpc) is 3.20. The van der Waals surface area contributed by atoms with E-state index in [1.807, 2.05) is 0 Å². The Balaban J connectivity index is 1.82. The molecule has 0 atom stereocenters. The van der Waals surface area contributed by atoms with Crippen molar-refractivity contribution in [3.05, 3.63) is 35.9 Å². The first-order valence-electron chi connectivity index (χ1n) is 7.57. The molecule has 2 fully saturated rings. The van der Waals surface area contributed by atoms with Crippen molar-refractivity contribution in [2.24, 2.45) is 5.73 Å². The van der Waals surface area contributed by atoms with Gasteiger partial charge in [-0.2, -0.15) is 0 Å². The standard InChI is InChI=1S/C17H23NO2/c1-13(19)20-15-7-9-16(10-8-15,17(18)11-12-17)14-5-3-2-4-6-14/h2-6,15H,7-12,18H2,1H3/t15-,16+. The zero-order chi connectivity index (χ0) is 14.2. The molecule has 108 valence electrons. The summed E-state index contributed by atoms with van der Waals surface area (Å²) in [7, 11) is 0. The van der Waals surface area contributed by atoms with Crippen LogP contribution in [-0.4, -0.2) is 17.6 Å². The first kappa shape index (κ1) is 13.6. The van der Waals surface area contributed by atoms with Crippen LogP contribution in [0.5, 0.6) is 0 Å². The lowest BCUT2D eigenvalue weighted by Gasteiger charge is -2.45. The summed E-state index contributed by atoms with van der Waals surface area (Å²) in [5.74, 6) is -0.170. The average molecular weight is 273 g/mol. The number of hydrogen-bond acceptors (Lipinski definition) is 3. The van der Waals surface area contributed by atoms with Crippen molar-refractivity contribution in [1.82, 2.24) is 0 Å². The highest BCUT2D eigenvalue weighted by atomic mass is 16.5. The predicted octanol–water partition coefficient (Wildman–Crippen LogP) is 2.92. The van der Waals surface area contributed by atoms with Gasteiger partial charge in [-0.15, -0.1) is 0 Å². The number of ether oxygens (including phenoxy) is 1. The molecule has 2 aliphatic rings. The molecule has 20 heavy (non-hydrogen) atoms. The minimum absolute atomic E-state index is 0.0461. The first-order valence-corrected chi connectivity index (χ1v) is 7.57. The molecule has 0 saturated heterocycles. The molecule has 2 saturated carbocycles. The van der Waals surface area contributed by atoms with Gasteiger partial charge in [0.1, 0.15) is 6.10 Å². The molecule has 1 aromatic carbocycles. The summed E-state index contributed by atoms with van der Waals surface area (Å²) in [4.78, 5) is 11.1. The molecule has 3 nitrogen and oxygen atoms in total. The maximum Gasteiger partial charge on any atom is 0.302 e. The highest BCUT2D eigenvalue weighted by Gasteiger charge is 2.58. The van der Waals surface area contributed by atoms with Gasteiger partial charge in [0.15, 0.2) is 0 Å². The SMILES string of the molecule is CC(=O)O[C@H]1CC[C@@](c2ccccc2)(C2(N)CC2)CC1. The lowest BCUT2D eigenvalue weighted by molar-refractivity contribution is -0.148. The largest absolute Gasteiger partial charge is 0.463 e. The predicted molar refractivity (Wildman–Crippen MR) is 78.3 cm³/mol. The highest BCUT2D eigenvalue weighted by molar-refractivity contribution is 5.66. The van der Waals surface area contributed by atoms with Crippen LogP contribution in [0, 0.1) is 0 Å². The Morgan fingerprint density at radius 2 is 1.75 bits per heavy atom. The normalized spacial score (nSPS) is 31.6. The molecule has 1 aromatic rings. The lowest BCUT2D eigenvalue weighted by Crippen LogP contribution is -2.51. The van der Waals surface area contributed by atoms with Crippen molar-refractivity contribution in [2.45, 2.75) is 62.5 Å². The van der Waals surface area contributed by atoms with Gasteiger partial charge in [-0.25, -0.2) is 0 Å². The van der Waals surface area contributed by atoms with Crippen molar-refractivity contribution in [2.75, 3.05) is 0 Å². The Kier molecular flexibility index (Phi) is 3.33. The fourth-order valence-electron chi connectivity index (χ4n) is 3.88. The molecule has 0 amide bonds. The Bertz CT molecular complexity index is 485. The van der Waals surface area contributed by atoms with E-state index in [4.69, 9.17) is 10.5 Å². The molecule has 0 spiro atoms. The van der Waals surface area contributed by atoms with Crippen LogP contribution in [0.25, 0.3) is 0 Å². The van der Waals surface area contributed by atoms with Crippen molar-refractivity contribution < 1.29 is 9.53 Å². The molecule has 0 radical (unpaired) electrons. The fourth-order valence-corrected chi connectivity index (χ4v) is 3.88. The van der Waals surface area contributed by atoms with Crippen molar-refractivity contribution in [1.29, 1.82) is 0 Å². The summed E-state index contributed by atoms with van der Waals surface area (Å²) in [6.07, 6.45) is 6.18. The third-order valence-corrected chi connectivity index (χ3v) is 5.19. The van der Waals surface area contributed by atoms with Crippen LogP contribution < -0.4 is 5.73 Å². The fraction of sp³-hybridized carbons (Fsp3) is 0.588. The molecular formula is C17H23NO2. The topological polar surface area (TPSA) is 52.3 Å². The minimum atomic E-state index is -0.170. The van der Waals surface area contributed by atoms with Gasteiger partial charge in [0, 0.05) is 17.9 Å². The number of benzene rings is 1. The van der Waals surface area contributed by atoms with E-state index in [0.717, 1.165) is 38.5 Å². The molecule has 3 heteroatoms. The quantitative estimate of drug-likeness (QED) is 0.861. The maximum absolute atomic E-state index is 11.1. The highest BCUT2D eigenvalue weighted by Crippen LogP contribution is 2.56. The second-order valence-corrected chi connectivity index (χ2v) is 6.41. The molecule has 0 aromatic heterocycles. The van der Waals surface area contributed by atoms with Gasteiger partial charge in [0.05, 0.1) is 0 Å². The van der Waals surface area contributed by atoms with E-state index in [9.17, 15) is 4.79 Å². The monoisotopic (exact) mass is 273 g/mol. The number of nitrogens with two attached hydrogens (primary N) is 1. The smallest absolute Gasteiger partial charge is 0.302 e. The van der Waals surface area contributed by atoms with Gasteiger partial charge in [0.25, 0.3) is 0 Å². The zero-order valence-corrected chi connectivity index (χ0v) is 12.1. The number of carbonyl (C=O) groups excluding carboxylic acids is 1. The van der Waals surface area contributed by atoms with Gasteiger partial charge in [-0.3, -0.25) is 4.79 Å². The Hall–Kier alpha value is -1.35. The Labute approximate surface area is 120 Å². The van der Waals surface area contributed by atoms with Crippen LogP contribution in [-0.2, 0) is 14.9 Å². The Morgan fingerprint density at radius 3 is 2.25 bits per heavy atom. The van der Waals surface area contributed by atoms with Crippen LogP contribution >= 0.6 is 0 Å². The molecule has 0 unspecified atom stereocenters. The Morgan fingerprint density at radius 1 is 1.15 bits per heavy atom. The number of carbonyl (C=O) groups is 1. The van der Waals surface area contributed by atoms with Crippen molar-refractivity contribution >= 4 is 5.97 Å². The van der Waals surface area contributed by atoms with Gasteiger partial charge in [-0.05, 0) is 44.1 Å². The van der Waals surface area contributed by atoms with Crippen LogP contribution in [0.3, 0.4) is 0 Å². The first-order chi connectivity index (χ1) is 9.56. The van der Waals surface area contributed by atoms with E-state index in [1.54, 1.807) is 0 Å². The van der Waals surface area contributed by atoms with E-state index in [1.165, 1.54) is 12.5 Å². The van der Waals surface area contributed by atoms with Crippen molar-refractivity contribution in [3.63, 3.8) is 0 Å². The summed E-state index contributed by atoms with van der Waals surface area (Å²) in [5.41, 5.74) is 8.02. The summed E-state index contributed by atoms with van der Waals surface area (Å²) >= 11 is 0. The molecule has 0 bridgehead atoms. The van der Waals surface area contributed by atoms with E-state index < -0.39 is 0 Å². The molecule has 0 heterocycles. The van der Waals surface area contributed by atoms with E-state index in [-0.39, 0.29) is 23.0 Å². The van der Waals surface area contributed by atoms with Crippen LogP contribution in [0.2, 0.25) is 0 Å². The maximum atomic E-state index is 11.1. The van der Waals surface area contributed by atoms with E-state index >= 15 is 0 Å². The van der Waals surface area contributed by atoms with Crippen molar-refractivity contribution in [3.8, 4) is 0 Å². The molecule has 2 N–H and O–H groups in total. The third kappa shape index (κ3) is 2.24. The van der Waals surface area contributed by atoms with Gasteiger partial charge >= 0.3 is 5.97 Å². The third-order valence-electron chi connectivity index (χ3n) is 5.19. The van der Waals surface area contributed by atoms with Crippen LogP contribution in [0.4, 0.5) is 0 Å². The van der Waals surface area contributed by atoms with Gasteiger partial charge in [-0.1, -0.05) is 30.3 Å². The second kappa shape index (κ2) is 4.88. The number of hydrogen-bond donors (Lipinski definition) is 1. The van der Waals surface area contributed by atoms with Gasteiger partial charge < -0.3 is 10.5 Å². The van der Waals surface area contributed by atoms with E-state index in [0.29, 0.717) is 0 Å². The summed E-state index contributed by atoms with van der Waals surface area (Å²) in [6.45, 7) is 1.49. The van der Waals surface area contributed by atoms with Gasteiger partial charge in [0.2, 0.25) is 0 Å². The lowest BCUT2D eigenvalue weighted by atomic mass is 9.63. The summed E-state index contributed by atoms with van der Waals surface area (Å²) < 4.78 is 5.37. The van der Waals surface area contributed by atoms with Crippen LogP contribution in [0.15, 0.2) is 30.3 Å². The second-order valence-electron chi connectivity index (χ2n) is 6.41. The van der Waals surface area contributed by atoms with E-state index in [2.05, 4.69) is 30.3 Å². The minimum Gasteiger partial charge on any atom is -0.463 e. The summed E-state index contributed by atoms with van der Waals surface area (Å²) in [6, 6.07) is 10.7. The number of rotatable bonds is 3. The molecule has 2 aliphatic carbocycles. The molecule has 3 rings (SSSR count).